The highest BCUT2D eigenvalue weighted by atomic mass is 32.1. The molecule has 9 heteroatoms. The molecule has 0 bridgehead atoms. The summed E-state index contributed by atoms with van der Waals surface area (Å²) in [5.41, 5.74) is 4.48. The van der Waals surface area contributed by atoms with Crippen LogP contribution in [0.1, 0.15) is 11.3 Å². The zero-order valence-electron chi connectivity index (χ0n) is 14.8. The van der Waals surface area contributed by atoms with E-state index in [-0.39, 0.29) is 5.56 Å². The summed E-state index contributed by atoms with van der Waals surface area (Å²) >= 11 is 2.91. The van der Waals surface area contributed by atoms with Crippen molar-refractivity contribution in [1.82, 2.24) is 29.8 Å². The normalized spacial score (nSPS) is 12.1. The molecule has 1 aromatic carbocycles. The molecule has 0 fully saturated rings. The van der Waals surface area contributed by atoms with Gasteiger partial charge in [-0.2, -0.15) is 10.1 Å². The topological polar surface area (TPSA) is 88.8 Å². The summed E-state index contributed by atoms with van der Waals surface area (Å²) < 4.78 is 3.42. The fourth-order valence-corrected chi connectivity index (χ4v) is 5.72. The summed E-state index contributed by atoms with van der Waals surface area (Å²) in [6.45, 7) is 3.99. The lowest BCUT2D eigenvalue weighted by atomic mass is 10.1. The van der Waals surface area contributed by atoms with E-state index in [4.69, 9.17) is 0 Å². The second-order valence-electron chi connectivity index (χ2n) is 6.66. The smallest absolute Gasteiger partial charge is 0.266 e. The van der Waals surface area contributed by atoms with Crippen LogP contribution >= 0.6 is 22.7 Å². The molecule has 0 amide bonds. The number of thiophene rings is 1. The van der Waals surface area contributed by atoms with Gasteiger partial charge in [0, 0.05) is 11.1 Å². The summed E-state index contributed by atoms with van der Waals surface area (Å²) in [4.78, 5) is 27.2. The molecule has 6 rings (SSSR count). The quantitative estimate of drug-likeness (QED) is 0.446. The zero-order valence-corrected chi connectivity index (χ0v) is 16.5. The number of aromatic nitrogens is 6. The van der Waals surface area contributed by atoms with E-state index in [1.54, 1.807) is 4.52 Å². The maximum absolute atomic E-state index is 12.8. The Hall–Kier alpha value is -3.17. The number of hydrogen-bond acceptors (Lipinski definition) is 7. The molecule has 0 saturated heterocycles. The number of pyridine rings is 1. The van der Waals surface area contributed by atoms with Gasteiger partial charge in [-0.1, -0.05) is 12.1 Å². The Morgan fingerprint density at radius 3 is 2.79 bits per heavy atom. The standard InChI is InChI=1S/C19H12N6OS2/c1-8-7-9(2)20-18-12(8)14-15(28-18)17(26)22-16-13(23-24-25(14)16)19-21-10-5-3-4-6-11(10)27-19/h3-7,24H,1-2H3. The van der Waals surface area contributed by atoms with Gasteiger partial charge >= 0.3 is 0 Å². The third-order valence-corrected chi connectivity index (χ3v) is 6.87. The monoisotopic (exact) mass is 404 g/mol. The van der Waals surface area contributed by atoms with Crippen LogP contribution in [0.25, 0.3) is 47.0 Å². The highest BCUT2D eigenvalue weighted by Crippen LogP contribution is 2.35. The first-order chi connectivity index (χ1) is 13.6. The van der Waals surface area contributed by atoms with Gasteiger partial charge in [0.2, 0.25) is 0 Å². The number of benzene rings is 1. The van der Waals surface area contributed by atoms with Gasteiger partial charge in [0.15, 0.2) is 11.3 Å². The lowest BCUT2D eigenvalue weighted by Gasteiger charge is -2.00. The largest absolute Gasteiger partial charge is 0.291 e. The minimum absolute atomic E-state index is 0.265. The number of hydrogen-bond donors (Lipinski definition) is 1. The first-order valence-electron chi connectivity index (χ1n) is 8.63. The van der Waals surface area contributed by atoms with Gasteiger partial charge in [-0.3, -0.25) is 4.79 Å². The van der Waals surface area contributed by atoms with Gasteiger partial charge in [0.25, 0.3) is 5.56 Å². The third kappa shape index (κ3) is 2.05. The van der Waals surface area contributed by atoms with Gasteiger partial charge in [-0.25, -0.2) is 19.7 Å². The van der Waals surface area contributed by atoms with Crippen molar-refractivity contribution in [2.75, 3.05) is 0 Å². The van der Waals surface area contributed by atoms with E-state index in [0.29, 0.717) is 16.0 Å². The molecule has 136 valence electrons. The molecule has 1 N–H and O–H groups in total. The van der Waals surface area contributed by atoms with Gasteiger partial charge < -0.3 is 0 Å². The molecular formula is C19H12N6OS2. The number of nitrogens with zero attached hydrogens (tertiary/aromatic N) is 5. The Bertz CT molecular complexity index is 1590. The summed E-state index contributed by atoms with van der Waals surface area (Å²) in [6, 6.07) is 9.94. The number of nitrogens with one attached hydrogen (secondary N) is 1. The second-order valence-corrected chi connectivity index (χ2v) is 8.69. The number of aryl methyl sites for hydroxylation is 2. The van der Waals surface area contributed by atoms with Crippen molar-refractivity contribution in [2.24, 2.45) is 0 Å². The highest BCUT2D eigenvalue weighted by molar-refractivity contribution is 7.25. The van der Waals surface area contributed by atoms with Crippen LogP contribution in [-0.4, -0.2) is 29.8 Å². The Kier molecular flexibility index (Phi) is 3.07. The minimum Gasteiger partial charge on any atom is -0.266 e. The van der Waals surface area contributed by atoms with Crippen molar-refractivity contribution in [3.8, 4) is 10.7 Å². The zero-order chi connectivity index (χ0) is 19.0. The average molecular weight is 404 g/mol. The maximum atomic E-state index is 12.8. The van der Waals surface area contributed by atoms with Crippen LogP contribution in [0.4, 0.5) is 0 Å². The molecule has 0 aliphatic rings. The molecule has 0 atom stereocenters. The highest BCUT2D eigenvalue weighted by Gasteiger charge is 2.21. The van der Waals surface area contributed by atoms with Gasteiger partial charge in [-0.15, -0.1) is 22.7 Å². The fraction of sp³-hybridized carbons (Fsp3) is 0.105. The second kappa shape index (κ2) is 5.43. The fourth-order valence-electron chi connectivity index (χ4n) is 3.61. The van der Waals surface area contributed by atoms with E-state index in [1.165, 1.54) is 22.7 Å². The minimum atomic E-state index is -0.265. The Morgan fingerprint density at radius 1 is 1.07 bits per heavy atom. The number of thiazole rings is 1. The molecule has 0 aliphatic carbocycles. The van der Waals surface area contributed by atoms with Crippen molar-refractivity contribution >= 4 is 59.0 Å². The SMILES string of the molecule is Cc1cc(C)c2c(n1)sc1c(=O)nc3c(-c4nc5ccccc5s4)n[nH]n3c12. The van der Waals surface area contributed by atoms with Crippen molar-refractivity contribution in [3.63, 3.8) is 0 Å². The number of para-hydroxylation sites is 1. The van der Waals surface area contributed by atoms with Crippen molar-refractivity contribution in [3.05, 3.63) is 51.9 Å². The van der Waals surface area contributed by atoms with Gasteiger partial charge in [0.1, 0.15) is 14.5 Å². The van der Waals surface area contributed by atoms with E-state index in [2.05, 4.69) is 25.3 Å². The van der Waals surface area contributed by atoms with Crippen LogP contribution in [0.3, 0.4) is 0 Å². The molecule has 0 spiro atoms. The van der Waals surface area contributed by atoms with E-state index in [9.17, 15) is 4.79 Å². The lowest BCUT2D eigenvalue weighted by molar-refractivity contribution is 0.877. The predicted octanol–water partition coefficient (Wildman–Crippen LogP) is 4.07. The number of fused-ring (bicyclic) bond motifs is 6. The van der Waals surface area contributed by atoms with Crippen LogP contribution in [0.5, 0.6) is 0 Å². The molecule has 6 aromatic rings. The molecule has 0 saturated carbocycles. The molecule has 5 heterocycles. The predicted molar refractivity (Wildman–Crippen MR) is 112 cm³/mol. The number of rotatable bonds is 1. The summed E-state index contributed by atoms with van der Waals surface area (Å²) in [5, 5.41) is 9.18. The molecule has 28 heavy (non-hydrogen) atoms. The molecule has 0 radical (unpaired) electrons. The summed E-state index contributed by atoms with van der Waals surface area (Å²) in [6.07, 6.45) is 0. The molecular weight excluding hydrogens is 392 g/mol. The Balaban J connectivity index is 1.75. The van der Waals surface area contributed by atoms with Crippen LogP contribution in [0.2, 0.25) is 0 Å². The molecule has 7 nitrogen and oxygen atoms in total. The van der Waals surface area contributed by atoms with Crippen LogP contribution in [-0.2, 0) is 0 Å². The molecule has 0 unspecified atom stereocenters. The van der Waals surface area contributed by atoms with E-state index >= 15 is 0 Å². The van der Waals surface area contributed by atoms with E-state index < -0.39 is 0 Å². The Morgan fingerprint density at radius 2 is 1.93 bits per heavy atom. The van der Waals surface area contributed by atoms with Crippen LogP contribution in [0.15, 0.2) is 35.1 Å². The van der Waals surface area contributed by atoms with E-state index in [0.717, 1.165) is 42.2 Å². The molecule has 5 aromatic heterocycles. The Labute approximate surface area is 165 Å². The molecule has 0 aliphatic heterocycles. The van der Waals surface area contributed by atoms with Gasteiger partial charge in [-0.05, 0) is 37.6 Å². The number of aromatic amines is 1. The van der Waals surface area contributed by atoms with Crippen molar-refractivity contribution < 1.29 is 0 Å². The van der Waals surface area contributed by atoms with Crippen LogP contribution < -0.4 is 5.56 Å². The summed E-state index contributed by atoms with van der Waals surface area (Å²) in [5.74, 6) is 0. The van der Waals surface area contributed by atoms with Crippen molar-refractivity contribution in [2.45, 2.75) is 13.8 Å². The number of H-pyrrole nitrogens is 1. The van der Waals surface area contributed by atoms with Crippen LogP contribution in [0, 0.1) is 13.8 Å². The third-order valence-electron chi connectivity index (χ3n) is 4.77. The van der Waals surface area contributed by atoms with Crippen molar-refractivity contribution in [1.29, 1.82) is 0 Å². The first kappa shape index (κ1) is 15.8. The summed E-state index contributed by atoms with van der Waals surface area (Å²) in [7, 11) is 0. The lowest BCUT2D eigenvalue weighted by Crippen LogP contribution is -2.08. The maximum Gasteiger partial charge on any atom is 0.291 e. The van der Waals surface area contributed by atoms with E-state index in [1.807, 2.05) is 44.2 Å². The first-order valence-corrected chi connectivity index (χ1v) is 10.3. The average Bonchev–Trinajstić information content (AvgIpc) is 3.34. The van der Waals surface area contributed by atoms with Gasteiger partial charge in [0.05, 0.1) is 15.7 Å².